The standard InChI is InChI=1S/C20H22ClN3O3/c21-16-10-15(19(25)24-8-6-17(22)7-9-24)11-18(12-16)23-20(26)27-13-14-4-2-1-3-5-14/h1-5,10-12,17H,6-9,13,22H2,(H,23,26). The van der Waals surface area contributed by atoms with Gasteiger partial charge in [0.15, 0.2) is 0 Å². The quantitative estimate of drug-likeness (QED) is 0.838. The predicted octanol–water partition coefficient (Wildman–Crippen LogP) is 3.65. The lowest BCUT2D eigenvalue weighted by molar-refractivity contribution is 0.0714. The number of nitrogens with two attached hydrogens (primary N) is 1. The van der Waals surface area contributed by atoms with Gasteiger partial charge >= 0.3 is 6.09 Å². The zero-order valence-electron chi connectivity index (χ0n) is 14.9. The molecule has 2 amide bonds. The number of nitrogens with zero attached hydrogens (tertiary/aromatic N) is 1. The Morgan fingerprint density at radius 3 is 2.56 bits per heavy atom. The summed E-state index contributed by atoms with van der Waals surface area (Å²) < 4.78 is 5.20. The molecule has 3 N–H and O–H groups in total. The fourth-order valence-electron chi connectivity index (χ4n) is 2.95. The molecule has 0 atom stereocenters. The van der Waals surface area contributed by atoms with E-state index >= 15 is 0 Å². The summed E-state index contributed by atoms with van der Waals surface area (Å²) in [5.74, 6) is -0.120. The molecule has 1 saturated heterocycles. The number of nitrogens with one attached hydrogen (secondary N) is 1. The number of piperidine rings is 1. The van der Waals surface area contributed by atoms with Gasteiger partial charge in [0.05, 0.1) is 0 Å². The van der Waals surface area contributed by atoms with E-state index in [1.165, 1.54) is 0 Å². The Hall–Kier alpha value is -2.57. The number of benzene rings is 2. The summed E-state index contributed by atoms with van der Waals surface area (Å²) in [6.45, 7) is 1.40. The molecule has 1 aliphatic heterocycles. The van der Waals surface area contributed by atoms with Gasteiger partial charge in [-0.25, -0.2) is 4.79 Å². The topological polar surface area (TPSA) is 84.7 Å². The van der Waals surface area contributed by atoms with Gasteiger partial charge in [-0.15, -0.1) is 0 Å². The van der Waals surface area contributed by atoms with Gasteiger partial charge in [0, 0.05) is 35.4 Å². The largest absolute Gasteiger partial charge is 0.444 e. The number of anilines is 1. The van der Waals surface area contributed by atoms with E-state index in [0.717, 1.165) is 18.4 Å². The molecule has 142 valence electrons. The lowest BCUT2D eigenvalue weighted by Gasteiger charge is -2.30. The van der Waals surface area contributed by atoms with Gasteiger partial charge in [-0.3, -0.25) is 10.1 Å². The Labute approximate surface area is 163 Å². The van der Waals surface area contributed by atoms with E-state index in [0.29, 0.717) is 29.4 Å². The SMILES string of the molecule is NC1CCN(C(=O)c2cc(Cl)cc(NC(=O)OCc3ccccc3)c2)CC1. The molecular weight excluding hydrogens is 366 g/mol. The van der Waals surface area contributed by atoms with Crippen LogP contribution in [-0.4, -0.2) is 36.0 Å². The third-order valence-electron chi connectivity index (χ3n) is 4.43. The monoisotopic (exact) mass is 387 g/mol. The van der Waals surface area contributed by atoms with Crippen LogP contribution >= 0.6 is 11.6 Å². The van der Waals surface area contributed by atoms with E-state index in [-0.39, 0.29) is 18.6 Å². The zero-order valence-corrected chi connectivity index (χ0v) is 15.6. The van der Waals surface area contributed by atoms with Crippen LogP contribution in [0.3, 0.4) is 0 Å². The fourth-order valence-corrected chi connectivity index (χ4v) is 3.18. The van der Waals surface area contributed by atoms with E-state index in [9.17, 15) is 9.59 Å². The first-order chi connectivity index (χ1) is 13.0. The minimum Gasteiger partial charge on any atom is -0.444 e. The number of hydrogen-bond donors (Lipinski definition) is 2. The molecule has 27 heavy (non-hydrogen) atoms. The molecule has 6 nitrogen and oxygen atoms in total. The fraction of sp³-hybridized carbons (Fsp3) is 0.300. The first-order valence-electron chi connectivity index (χ1n) is 8.84. The predicted molar refractivity (Wildman–Crippen MR) is 105 cm³/mol. The van der Waals surface area contributed by atoms with Crippen LogP contribution in [0.25, 0.3) is 0 Å². The first kappa shape index (κ1) is 19.2. The highest BCUT2D eigenvalue weighted by atomic mass is 35.5. The van der Waals surface area contributed by atoms with Crippen LogP contribution in [-0.2, 0) is 11.3 Å². The third kappa shape index (κ3) is 5.45. The smallest absolute Gasteiger partial charge is 0.411 e. The van der Waals surface area contributed by atoms with Gasteiger partial charge in [-0.1, -0.05) is 41.9 Å². The zero-order chi connectivity index (χ0) is 19.2. The highest BCUT2D eigenvalue weighted by Gasteiger charge is 2.22. The van der Waals surface area contributed by atoms with Crippen molar-refractivity contribution in [3.8, 4) is 0 Å². The van der Waals surface area contributed by atoms with Crippen molar-refractivity contribution in [1.82, 2.24) is 4.90 Å². The first-order valence-corrected chi connectivity index (χ1v) is 9.22. The molecule has 1 heterocycles. The lowest BCUT2D eigenvalue weighted by atomic mass is 10.0. The molecule has 0 radical (unpaired) electrons. The minimum absolute atomic E-state index is 0.120. The van der Waals surface area contributed by atoms with E-state index in [4.69, 9.17) is 22.1 Å². The van der Waals surface area contributed by atoms with Gasteiger partial charge < -0.3 is 15.4 Å². The van der Waals surface area contributed by atoms with Crippen LogP contribution in [0.4, 0.5) is 10.5 Å². The van der Waals surface area contributed by atoms with Crippen molar-refractivity contribution >= 4 is 29.3 Å². The Morgan fingerprint density at radius 2 is 1.85 bits per heavy atom. The maximum atomic E-state index is 12.7. The number of halogens is 1. The van der Waals surface area contributed by atoms with Crippen LogP contribution in [0.5, 0.6) is 0 Å². The Kier molecular flexibility index (Phi) is 6.32. The highest BCUT2D eigenvalue weighted by Crippen LogP contribution is 2.22. The van der Waals surface area contributed by atoms with Crippen molar-refractivity contribution < 1.29 is 14.3 Å². The maximum absolute atomic E-state index is 12.7. The van der Waals surface area contributed by atoms with Crippen molar-refractivity contribution in [3.05, 3.63) is 64.7 Å². The van der Waals surface area contributed by atoms with Crippen LogP contribution < -0.4 is 11.1 Å². The average Bonchev–Trinajstić information content (AvgIpc) is 2.67. The van der Waals surface area contributed by atoms with Crippen LogP contribution in [0.1, 0.15) is 28.8 Å². The minimum atomic E-state index is -0.608. The van der Waals surface area contributed by atoms with Gasteiger partial charge in [0.1, 0.15) is 6.61 Å². The van der Waals surface area contributed by atoms with Gasteiger partial charge in [-0.05, 0) is 36.6 Å². The number of carbonyl (C=O) groups is 2. The molecule has 7 heteroatoms. The molecule has 2 aromatic rings. The highest BCUT2D eigenvalue weighted by molar-refractivity contribution is 6.31. The van der Waals surface area contributed by atoms with E-state index in [2.05, 4.69) is 5.32 Å². The molecule has 1 fully saturated rings. The Balaban J connectivity index is 1.62. The second-order valence-electron chi connectivity index (χ2n) is 6.54. The van der Waals surface area contributed by atoms with Crippen molar-refractivity contribution in [2.75, 3.05) is 18.4 Å². The summed E-state index contributed by atoms with van der Waals surface area (Å²) in [4.78, 5) is 26.5. The van der Waals surface area contributed by atoms with Gasteiger partial charge in [0.2, 0.25) is 0 Å². The van der Waals surface area contributed by atoms with Crippen LogP contribution in [0, 0.1) is 0 Å². The van der Waals surface area contributed by atoms with Gasteiger partial charge in [-0.2, -0.15) is 0 Å². The molecule has 0 saturated carbocycles. The maximum Gasteiger partial charge on any atom is 0.411 e. The number of likely N-dealkylation sites (tertiary alicyclic amines) is 1. The molecule has 0 aromatic heterocycles. The van der Waals surface area contributed by atoms with Crippen LogP contribution in [0.15, 0.2) is 48.5 Å². The summed E-state index contributed by atoms with van der Waals surface area (Å²) in [5, 5.41) is 2.99. The van der Waals surface area contributed by atoms with Gasteiger partial charge in [0.25, 0.3) is 5.91 Å². The summed E-state index contributed by atoms with van der Waals surface area (Å²) >= 11 is 6.13. The molecular formula is C20H22ClN3O3. The third-order valence-corrected chi connectivity index (χ3v) is 4.65. The van der Waals surface area contributed by atoms with Crippen molar-refractivity contribution in [3.63, 3.8) is 0 Å². The second kappa shape index (κ2) is 8.88. The number of ether oxygens (including phenoxy) is 1. The number of amides is 2. The van der Waals surface area contributed by atoms with Crippen LogP contribution in [0.2, 0.25) is 5.02 Å². The lowest BCUT2D eigenvalue weighted by Crippen LogP contribution is -2.42. The van der Waals surface area contributed by atoms with E-state index < -0.39 is 6.09 Å². The van der Waals surface area contributed by atoms with Crippen molar-refractivity contribution in [2.45, 2.75) is 25.5 Å². The summed E-state index contributed by atoms with van der Waals surface area (Å²) in [5.41, 5.74) is 7.62. The summed E-state index contributed by atoms with van der Waals surface area (Å²) in [6.07, 6.45) is 0.954. The van der Waals surface area contributed by atoms with E-state index in [1.54, 1.807) is 23.1 Å². The second-order valence-corrected chi connectivity index (χ2v) is 6.98. The van der Waals surface area contributed by atoms with Crippen molar-refractivity contribution in [1.29, 1.82) is 0 Å². The summed E-state index contributed by atoms with van der Waals surface area (Å²) in [7, 11) is 0. The Bertz CT molecular complexity index is 805. The number of rotatable bonds is 4. The molecule has 3 rings (SSSR count). The number of hydrogen-bond acceptors (Lipinski definition) is 4. The normalized spacial score (nSPS) is 14.7. The molecule has 2 aromatic carbocycles. The van der Waals surface area contributed by atoms with E-state index in [1.807, 2.05) is 30.3 Å². The molecule has 0 aliphatic carbocycles. The molecule has 0 bridgehead atoms. The summed E-state index contributed by atoms with van der Waals surface area (Å²) in [6, 6.07) is 14.3. The Morgan fingerprint density at radius 1 is 1.15 bits per heavy atom. The average molecular weight is 388 g/mol. The molecule has 0 unspecified atom stereocenters. The molecule has 0 spiro atoms. The molecule has 1 aliphatic rings. The number of carbonyl (C=O) groups excluding carboxylic acids is 2. The van der Waals surface area contributed by atoms with Crippen molar-refractivity contribution in [2.24, 2.45) is 5.73 Å².